The highest BCUT2D eigenvalue weighted by molar-refractivity contribution is 5.96. The minimum atomic E-state index is -0.558. The van der Waals surface area contributed by atoms with Crippen molar-refractivity contribution >= 4 is 11.8 Å². The van der Waals surface area contributed by atoms with E-state index in [9.17, 15) is 9.59 Å². The van der Waals surface area contributed by atoms with Gasteiger partial charge >= 0.3 is 0 Å². The molecule has 0 unspecified atom stereocenters. The number of carbonyl (C=O) groups is 2. The Bertz CT molecular complexity index is 553. The van der Waals surface area contributed by atoms with Crippen molar-refractivity contribution in [1.82, 2.24) is 15.4 Å². The summed E-state index contributed by atoms with van der Waals surface area (Å²) >= 11 is 0. The van der Waals surface area contributed by atoms with Crippen LogP contribution in [-0.2, 0) is 4.79 Å². The molecule has 22 heavy (non-hydrogen) atoms. The summed E-state index contributed by atoms with van der Waals surface area (Å²) in [5.74, 6) is -0.192. The lowest BCUT2D eigenvalue weighted by Gasteiger charge is -2.23. The van der Waals surface area contributed by atoms with Crippen LogP contribution in [0.3, 0.4) is 0 Å². The Labute approximate surface area is 130 Å². The fraction of sp³-hybridized carbons (Fsp3) is 0.667. The van der Waals surface area contributed by atoms with Crippen molar-refractivity contribution in [3.05, 3.63) is 17.5 Å². The first-order valence-electron chi connectivity index (χ1n) is 7.63. The summed E-state index contributed by atoms with van der Waals surface area (Å²) in [5, 5.41) is 6.72. The number of nitrogens with two attached hydrogens (primary N) is 1. The molecule has 2 amide bonds. The van der Waals surface area contributed by atoms with E-state index in [-0.39, 0.29) is 35.6 Å². The van der Waals surface area contributed by atoms with Gasteiger partial charge in [-0.2, -0.15) is 0 Å². The number of nitrogens with one attached hydrogen (secondary N) is 1. The van der Waals surface area contributed by atoms with Crippen molar-refractivity contribution in [3.63, 3.8) is 0 Å². The monoisotopic (exact) mass is 308 g/mol. The third-order valence-corrected chi connectivity index (χ3v) is 3.66. The fourth-order valence-corrected chi connectivity index (χ4v) is 2.53. The maximum Gasteiger partial charge on any atom is 0.293 e. The molecule has 0 radical (unpaired) electrons. The van der Waals surface area contributed by atoms with E-state index >= 15 is 0 Å². The predicted molar refractivity (Wildman–Crippen MR) is 81.3 cm³/mol. The Morgan fingerprint density at radius 2 is 2.09 bits per heavy atom. The summed E-state index contributed by atoms with van der Waals surface area (Å²) in [6.45, 7) is 8.04. The van der Waals surface area contributed by atoms with Gasteiger partial charge in [0.25, 0.3) is 5.91 Å². The first-order valence-corrected chi connectivity index (χ1v) is 7.63. The zero-order valence-electron chi connectivity index (χ0n) is 13.5. The summed E-state index contributed by atoms with van der Waals surface area (Å²) in [7, 11) is 0. The lowest BCUT2D eigenvalue weighted by atomic mass is 10.1. The third kappa shape index (κ3) is 3.47. The number of amides is 2. The maximum atomic E-state index is 12.6. The molecule has 0 aliphatic carbocycles. The molecule has 1 saturated heterocycles. The highest BCUT2D eigenvalue weighted by atomic mass is 16.5. The maximum absolute atomic E-state index is 12.6. The highest BCUT2D eigenvalue weighted by Gasteiger charge is 2.39. The Hall–Kier alpha value is -1.89. The Morgan fingerprint density at radius 3 is 2.64 bits per heavy atom. The summed E-state index contributed by atoms with van der Waals surface area (Å²) in [5.41, 5.74) is 6.65. The molecule has 0 bridgehead atoms. The Balaban J connectivity index is 2.16. The van der Waals surface area contributed by atoms with Gasteiger partial charge in [0.2, 0.25) is 11.7 Å². The van der Waals surface area contributed by atoms with E-state index in [4.69, 9.17) is 10.3 Å². The van der Waals surface area contributed by atoms with Crippen molar-refractivity contribution in [3.8, 4) is 0 Å². The van der Waals surface area contributed by atoms with Crippen LogP contribution in [0.1, 0.15) is 56.3 Å². The van der Waals surface area contributed by atoms with Crippen molar-refractivity contribution in [2.45, 2.75) is 58.2 Å². The second-order valence-electron chi connectivity index (χ2n) is 6.40. The SMILES string of the molecule is CC(C)NC(=O)[C@@H]1C[C@@H](N)CN1C(=O)c1cc(C(C)C)no1. The summed E-state index contributed by atoms with van der Waals surface area (Å²) < 4.78 is 5.13. The average Bonchev–Trinajstić information content (AvgIpc) is 3.03. The first kappa shape index (κ1) is 16.5. The average molecular weight is 308 g/mol. The zero-order valence-corrected chi connectivity index (χ0v) is 13.5. The molecule has 0 spiro atoms. The van der Waals surface area contributed by atoms with Gasteiger partial charge in [-0.1, -0.05) is 19.0 Å². The van der Waals surface area contributed by atoms with E-state index in [0.29, 0.717) is 13.0 Å². The van der Waals surface area contributed by atoms with E-state index < -0.39 is 6.04 Å². The van der Waals surface area contributed by atoms with E-state index in [1.807, 2.05) is 27.7 Å². The second kappa shape index (κ2) is 6.48. The predicted octanol–water partition coefficient (Wildman–Crippen LogP) is 0.864. The molecule has 1 aromatic heterocycles. The molecule has 2 heterocycles. The van der Waals surface area contributed by atoms with Crippen molar-refractivity contribution in [2.75, 3.05) is 6.54 Å². The number of likely N-dealkylation sites (tertiary alicyclic amines) is 1. The number of nitrogens with zero attached hydrogens (tertiary/aromatic N) is 2. The van der Waals surface area contributed by atoms with Crippen LogP contribution in [0, 0.1) is 0 Å². The highest BCUT2D eigenvalue weighted by Crippen LogP contribution is 2.22. The number of hydrogen-bond acceptors (Lipinski definition) is 5. The topological polar surface area (TPSA) is 101 Å². The number of rotatable bonds is 4. The van der Waals surface area contributed by atoms with Gasteiger partial charge in [-0.3, -0.25) is 9.59 Å². The van der Waals surface area contributed by atoms with Gasteiger partial charge in [0, 0.05) is 24.7 Å². The van der Waals surface area contributed by atoms with Gasteiger partial charge in [0.1, 0.15) is 6.04 Å². The molecule has 1 aromatic rings. The molecule has 7 nitrogen and oxygen atoms in total. The van der Waals surface area contributed by atoms with E-state index in [2.05, 4.69) is 10.5 Å². The van der Waals surface area contributed by atoms with Gasteiger partial charge in [0.15, 0.2) is 0 Å². The molecule has 1 aliphatic rings. The van der Waals surface area contributed by atoms with Crippen LogP contribution < -0.4 is 11.1 Å². The molecular weight excluding hydrogens is 284 g/mol. The Morgan fingerprint density at radius 1 is 1.41 bits per heavy atom. The van der Waals surface area contributed by atoms with Crippen molar-refractivity contribution in [1.29, 1.82) is 0 Å². The van der Waals surface area contributed by atoms with Crippen LogP contribution in [-0.4, -0.2) is 46.5 Å². The van der Waals surface area contributed by atoms with Crippen LogP contribution in [0.15, 0.2) is 10.6 Å². The largest absolute Gasteiger partial charge is 0.352 e. The third-order valence-electron chi connectivity index (χ3n) is 3.66. The molecule has 1 aliphatic heterocycles. The van der Waals surface area contributed by atoms with E-state index in [1.165, 1.54) is 4.90 Å². The normalized spacial score (nSPS) is 21.7. The summed E-state index contributed by atoms with van der Waals surface area (Å²) in [6.07, 6.45) is 0.454. The van der Waals surface area contributed by atoms with E-state index in [0.717, 1.165) is 5.69 Å². The molecular formula is C15H24N4O3. The number of aromatic nitrogens is 1. The van der Waals surface area contributed by atoms with Crippen LogP contribution in [0.4, 0.5) is 0 Å². The molecule has 0 aromatic carbocycles. The van der Waals surface area contributed by atoms with Crippen LogP contribution in [0.5, 0.6) is 0 Å². The van der Waals surface area contributed by atoms with Crippen LogP contribution in [0.2, 0.25) is 0 Å². The first-order chi connectivity index (χ1) is 10.3. The lowest BCUT2D eigenvalue weighted by molar-refractivity contribution is -0.125. The van der Waals surface area contributed by atoms with Gasteiger partial charge < -0.3 is 20.5 Å². The second-order valence-corrected chi connectivity index (χ2v) is 6.40. The van der Waals surface area contributed by atoms with Gasteiger partial charge in [0.05, 0.1) is 5.69 Å². The zero-order chi connectivity index (χ0) is 16.4. The van der Waals surface area contributed by atoms with Crippen molar-refractivity contribution in [2.24, 2.45) is 5.73 Å². The van der Waals surface area contributed by atoms with E-state index in [1.54, 1.807) is 6.07 Å². The lowest BCUT2D eigenvalue weighted by Crippen LogP contribution is -2.47. The smallest absolute Gasteiger partial charge is 0.293 e. The molecule has 7 heteroatoms. The van der Waals surface area contributed by atoms with Crippen LogP contribution in [0.25, 0.3) is 0 Å². The minimum absolute atomic E-state index is 0.0131. The Kier molecular flexibility index (Phi) is 4.85. The fourth-order valence-electron chi connectivity index (χ4n) is 2.53. The molecule has 0 saturated carbocycles. The molecule has 1 fully saturated rings. The van der Waals surface area contributed by atoms with Crippen LogP contribution >= 0.6 is 0 Å². The standard InChI is InChI=1S/C15H24N4O3/c1-8(2)11-6-13(22-18-11)15(21)19-7-10(16)5-12(19)14(20)17-9(3)4/h6,8-10,12H,5,7,16H2,1-4H3,(H,17,20)/t10-,12+/m1/s1. The quantitative estimate of drug-likeness (QED) is 0.859. The van der Waals surface area contributed by atoms with Gasteiger partial charge in [-0.25, -0.2) is 0 Å². The molecule has 3 N–H and O–H groups in total. The van der Waals surface area contributed by atoms with Gasteiger partial charge in [-0.15, -0.1) is 0 Å². The molecule has 122 valence electrons. The minimum Gasteiger partial charge on any atom is -0.352 e. The number of carbonyl (C=O) groups excluding carboxylic acids is 2. The van der Waals surface area contributed by atoms with Gasteiger partial charge in [-0.05, 0) is 26.2 Å². The summed E-state index contributed by atoms with van der Waals surface area (Å²) in [6, 6.07) is 0.879. The molecule has 2 rings (SSSR count). The van der Waals surface area contributed by atoms with Crippen molar-refractivity contribution < 1.29 is 14.1 Å². The molecule has 2 atom stereocenters. The summed E-state index contributed by atoms with van der Waals surface area (Å²) in [4.78, 5) is 26.3. The number of hydrogen-bond donors (Lipinski definition) is 2.